The Bertz CT molecular complexity index is 443. The Kier molecular flexibility index (Phi) is 2.50. The highest BCUT2D eigenvalue weighted by Gasteiger charge is 2.43. The summed E-state index contributed by atoms with van der Waals surface area (Å²) in [6, 6.07) is 0. The van der Waals surface area contributed by atoms with Crippen LogP contribution in [0.5, 0.6) is 0 Å². The Labute approximate surface area is 99.5 Å². The molecule has 5 heteroatoms. The Balaban J connectivity index is 1.79. The van der Waals surface area contributed by atoms with E-state index in [1.165, 1.54) is 6.92 Å². The highest BCUT2D eigenvalue weighted by Crippen LogP contribution is 2.43. The molecule has 3 rings (SSSR count). The van der Waals surface area contributed by atoms with Crippen LogP contribution < -0.4 is 0 Å². The fourth-order valence-electron chi connectivity index (χ4n) is 2.66. The fraction of sp³-hybridized carbons (Fsp3) is 0.750. The van der Waals surface area contributed by atoms with Crippen molar-refractivity contribution in [3.05, 3.63) is 11.7 Å². The lowest BCUT2D eigenvalue weighted by molar-refractivity contribution is -0.118. The quantitative estimate of drug-likeness (QED) is 0.800. The zero-order chi connectivity index (χ0) is 12.0. The van der Waals surface area contributed by atoms with E-state index in [-0.39, 0.29) is 23.7 Å². The predicted molar refractivity (Wildman–Crippen MR) is 58.6 cm³/mol. The molecule has 0 aliphatic carbocycles. The van der Waals surface area contributed by atoms with Gasteiger partial charge in [-0.05, 0) is 33.1 Å². The van der Waals surface area contributed by atoms with Gasteiger partial charge in [-0.25, -0.2) is 0 Å². The second kappa shape index (κ2) is 3.91. The van der Waals surface area contributed by atoms with Crippen LogP contribution in [0.15, 0.2) is 4.52 Å². The smallest absolute Gasteiger partial charge is 0.236 e. The maximum absolute atomic E-state index is 11.2. The maximum Gasteiger partial charge on any atom is 0.236 e. The van der Waals surface area contributed by atoms with Gasteiger partial charge >= 0.3 is 0 Å². The third kappa shape index (κ3) is 1.78. The number of hydrogen-bond acceptors (Lipinski definition) is 5. The number of Topliss-reactive ketones (excluding diaryl/α,β-unsaturated/α-hetero) is 1. The molecule has 92 valence electrons. The van der Waals surface area contributed by atoms with Gasteiger partial charge in [-0.3, -0.25) is 4.79 Å². The molecule has 0 radical (unpaired) electrons. The standard InChI is InChI=1S/C12H16N2O3/c1-6(7(2)15)12-13-11(14-17-12)9-5-8-3-4-10(9)16-8/h6,8-10H,3-5H2,1-2H3. The van der Waals surface area contributed by atoms with Gasteiger partial charge in [0.25, 0.3) is 0 Å². The van der Waals surface area contributed by atoms with Crippen LogP contribution in [0.25, 0.3) is 0 Å². The van der Waals surface area contributed by atoms with Crippen LogP contribution in [0.1, 0.15) is 56.7 Å². The molecule has 0 aromatic carbocycles. The first kappa shape index (κ1) is 10.9. The first-order valence-electron chi connectivity index (χ1n) is 6.14. The van der Waals surface area contributed by atoms with Crippen molar-refractivity contribution < 1.29 is 14.1 Å². The van der Waals surface area contributed by atoms with Crippen molar-refractivity contribution >= 4 is 5.78 Å². The Morgan fingerprint density at radius 1 is 1.47 bits per heavy atom. The highest BCUT2D eigenvalue weighted by atomic mass is 16.5. The number of rotatable bonds is 3. The number of ketones is 1. The topological polar surface area (TPSA) is 65.2 Å². The minimum Gasteiger partial charge on any atom is -0.374 e. The van der Waals surface area contributed by atoms with Gasteiger partial charge in [0.15, 0.2) is 5.82 Å². The van der Waals surface area contributed by atoms with Gasteiger partial charge in [-0.15, -0.1) is 0 Å². The number of carbonyl (C=O) groups is 1. The molecule has 1 aromatic rings. The van der Waals surface area contributed by atoms with E-state index in [4.69, 9.17) is 9.26 Å². The summed E-state index contributed by atoms with van der Waals surface area (Å²) in [7, 11) is 0. The van der Waals surface area contributed by atoms with E-state index in [0.29, 0.717) is 17.8 Å². The zero-order valence-electron chi connectivity index (χ0n) is 10.0. The summed E-state index contributed by atoms with van der Waals surface area (Å²) >= 11 is 0. The van der Waals surface area contributed by atoms with Crippen LogP contribution in [0, 0.1) is 0 Å². The van der Waals surface area contributed by atoms with Crippen LogP contribution in [0.2, 0.25) is 0 Å². The third-order valence-electron chi connectivity index (χ3n) is 3.88. The van der Waals surface area contributed by atoms with Crippen molar-refractivity contribution in [1.82, 2.24) is 10.1 Å². The van der Waals surface area contributed by atoms with Crippen molar-refractivity contribution in [2.45, 2.75) is 57.2 Å². The minimum atomic E-state index is -0.309. The summed E-state index contributed by atoms with van der Waals surface area (Å²) in [5.74, 6) is 1.13. The van der Waals surface area contributed by atoms with Crippen molar-refractivity contribution in [3.63, 3.8) is 0 Å². The Hall–Kier alpha value is -1.23. The molecule has 17 heavy (non-hydrogen) atoms. The van der Waals surface area contributed by atoms with E-state index in [9.17, 15) is 4.79 Å². The lowest BCUT2D eigenvalue weighted by Gasteiger charge is -2.13. The van der Waals surface area contributed by atoms with E-state index in [0.717, 1.165) is 19.3 Å². The van der Waals surface area contributed by atoms with Crippen LogP contribution in [-0.4, -0.2) is 28.1 Å². The molecule has 0 saturated carbocycles. The van der Waals surface area contributed by atoms with Gasteiger partial charge < -0.3 is 9.26 Å². The van der Waals surface area contributed by atoms with Crippen LogP contribution in [0.4, 0.5) is 0 Å². The number of ether oxygens (including phenoxy) is 1. The van der Waals surface area contributed by atoms with E-state index in [2.05, 4.69) is 10.1 Å². The average Bonchev–Trinajstić information content (AvgIpc) is 3.02. The summed E-state index contributed by atoms with van der Waals surface area (Å²) in [5.41, 5.74) is 0. The van der Waals surface area contributed by atoms with Gasteiger partial charge in [-0.2, -0.15) is 4.98 Å². The molecule has 2 fully saturated rings. The molecular weight excluding hydrogens is 220 g/mol. The molecule has 4 unspecified atom stereocenters. The van der Waals surface area contributed by atoms with Crippen molar-refractivity contribution in [2.24, 2.45) is 0 Å². The Morgan fingerprint density at radius 3 is 2.88 bits per heavy atom. The first-order chi connectivity index (χ1) is 8.15. The van der Waals surface area contributed by atoms with Crippen molar-refractivity contribution in [2.75, 3.05) is 0 Å². The second-order valence-corrected chi connectivity index (χ2v) is 5.04. The molecule has 2 aliphatic heterocycles. The largest absolute Gasteiger partial charge is 0.374 e. The minimum absolute atomic E-state index is 0.0457. The van der Waals surface area contributed by atoms with E-state index in [1.807, 2.05) is 0 Å². The van der Waals surface area contributed by atoms with Gasteiger partial charge in [0, 0.05) is 0 Å². The molecule has 0 amide bonds. The van der Waals surface area contributed by atoms with Crippen LogP contribution >= 0.6 is 0 Å². The van der Waals surface area contributed by atoms with Crippen molar-refractivity contribution in [3.8, 4) is 0 Å². The number of fused-ring (bicyclic) bond motifs is 2. The molecule has 1 aromatic heterocycles. The highest BCUT2D eigenvalue weighted by molar-refractivity contribution is 5.81. The number of aromatic nitrogens is 2. The maximum atomic E-state index is 11.2. The van der Waals surface area contributed by atoms with E-state index >= 15 is 0 Å². The average molecular weight is 236 g/mol. The molecule has 2 aliphatic rings. The van der Waals surface area contributed by atoms with Crippen molar-refractivity contribution in [1.29, 1.82) is 0 Å². The molecule has 4 atom stereocenters. The molecule has 2 bridgehead atoms. The predicted octanol–water partition coefficient (Wildman–Crippen LogP) is 1.80. The van der Waals surface area contributed by atoms with Gasteiger partial charge in [0.1, 0.15) is 5.78 Å². The molecule has 2 saturated heterocycles. The van der Waals surface area contributed by atoms with Crippen LogP contribution in [-0.2, 0) is 9.53 Å². The zero-order valence-corrected chi connectivity index (χ0v) is 10.0. The number of nitrogens with zero attached hydrogens (tertiary/aromatic N) is 2. The summed E-state index contributed by atoms with van der Waals surface area (Å²) in [6.07, 6.45) is 3.84. The molecule has 0 N–H and O–H groups in total. The molecular formula is C12H16N2O3. The van der Waals surface area contributed by atoms with Crippen LogP contribution in [0.3, 0.4) is 0 Å². The Morgan fingerprint density at radius 2 is 2.29 bits per heavy atom. The monoisotopic (exact) mass is 236 g/mol. The van der Waals surface area contributed by atoms with E-state index < -0.39 is 0 Å². The molecule has 0 spiro atoms. The van der Waals surface area contributed by atoms with Gasteiger partial charge in [0.2, 0.25) is 5.89 Å². The molecule has 5 nitrogen and oxygen atoms in total. The number of carbonyl (C=O) groups excluding carboxylic acids is 1. The molecule has 3 heterocycles. The summed E-state index contributed by atoms with van der Waals surface area (Å²) in [5, 5.41) is 4.00. The summed E-state index contributed by atoms with van der Waals surface area (Å²) in [6.45, 7) is 3.33. The summed E-state index contributed by atoms with van der Waals surface area (Å²) in [4.78, 5) is 15.6. The third-order valence-corrected chi connectivity index (χ3v) is 3.88. The lowest BCUT2D eigenvalue weighted by Crippen LogP contribution is -2.15. The van der Waals surface area contributed by atoms with Gasteiger partial charge in [-0.1, -0.05) is 5.16 Å². The second-order valence-electron chi connectivity index (χ2n) is 5.04. The van der Waals surface area contributed by atoms with Gasteiger partial charge in [0.05, 0.1) is 24.0 Å². The fourth-order valence-corrected chi connectivity index (χ4v) is 2.66. The summed E-state index contributed by atoms with van der Waals surface area (Å²) < 4.78 is 10.9. The van der Waals surface area contributed by atoms with E-state index in [1.54, 1.807) is 6.92 Å². The first-order valence-corrected chi connectivity index (χ1v) is 6.14. The SMILES string of the molecule is CC(=O)C(C)c1nc(C2CC3CCC2O3)no1. The normalized spacial score (nSPS) is 32.9. The lowest BCUT2D eigenvalue weighted by atomic mass is 9.89. The number of hydrogen-bond donors (Lipinski definition) is 0.